The standard InChI is InChI=1S/C26H29N7/c1-26(2,3)25-31-24(32-33-25)22-23(27)29-15-21(30-22)18-9-6-7-16(13-18)14-28-20-12-11-17-8-4-5-10-19(17)20/h4-10,13,15,20,28H,11-12,14H2,1-3H3,(H2,27,29)(H,31,32,33)/t20-/m0/s1. The minimum absolute atomic E-state index is 0.147. The van der Waals surface area contributed by atoms with Gasteiger partial charge in [0.1, 0.15) is 5.82 Å². The highest BCUT2D eigenvalue weighted by Crippen LogP contribution is 2.31. The summed E-state index contributed by atoms with van der Waals surface area (Å²) in [6.07, 6.45) is 3.98. The summed E-state index contributed by atoms with van der Waals surface area (Å²) in [5.74, 6) is 1.56. The van der Waals surface area contributed by atoms with E-state index in [-0.39, 0.29) is 5.41 Å². The van der Waals surface area contributed by atoms with E-state index < -0.39 is 0 Å². The predicted octanol–water partition coefficient (Wildman–Crippen LogP) is 4.59. The van der Waals surface area contributed by atoms with E-state index in [1.807, 2.05) is 6.07 Å². The van der Waals surface area contributed by atoms with E-state index >= 15 is 0 Å². The van der Waals surface area contributed by atoms with E-state index in [0.29, 0.717) is 23.4 Å². The average Bonchev–Trinajstić information content (AvgIpc) is 3.46. The number of nitrogens with one attached hydrogen (secondary N) is 2. The molecule has 1 atom stereocenters. The summed E-state index contributed by atoms with van der Waals surface area (Å²) in [5.41, 5.74) is 12.3. The highest BCUT2D eigenvalue weighted by atomic mass is 15.2. The molecule has 0 aliphatic heterocycles. The fourth-order valence-electron chi connectivity index (χ4n) is 4.26. The van der Waals surface area contributed by atoms with Gasteiger partial charge < -0.3 is 11.1 Å². The van der Waals surface area contributed by atoms with E-state index in [9.17, 15) is 0 Å². The van der Waals surface area contributed by atoms with Crippen LogP contribution in [0.1, 0.15) is 55.7 Å². The lowest BCUT2D eigenvalue weighted by molar-refractivity contribution is 0.530. The molecule has 0 bridgehead atoms. The lowest BCUT2D eigenvalue weighted by atomic mass is 9.96. The van der Waals surface area contributed by atoms with Crippen molar-refractivity contribution in [1.82, 2.24) is 30.5 Å². The Morgan fingerprint density at radius 3 is 2.76 bits per heavy atom. The predicted molar refractivity (Wildman–Crippen MR) is 130 cm³/mol. The molecule has 33 heavy (non-hydrogen) atoms. The molecular formula is C26H29N7. The Kier molecular flexibility index (Phi) is 5.42. The van der Waals surface area contributed by atoms with E-state index in [1.165, 1.54) is 16.7 Å². The summed E-state index contributed by atoms with van der Waals surface area (Å²) in [7, 11) is 0. The molecule has 7 heteroatoms. The van der Waals surface area contributed by atoms with Gasteiger partial charge in [-0.15, -0.1) is 0 Å². The van der Waals surface area contributed by atoms with Gasteiger partial charge in [-0.2, -0.15) is 5.10 Å². The van der Waals surface area contributed by atoms with Crippen LogP contribution in [0.4, 0.5) is 5.82 Å². The number of hydrogen-bond donors (Lipinski definition) is 3. The van der Waals surface area contributed by atoms with Crippen molar-refractivity contribution in [3.63, 3.8) is 0 Å². The number of nitrogens with two attached hydrogens (primary N) is 1. The smallest absolute Gasteiger partial charge is 0.203 e. The normalized spacial score (nSPS) is 15.5. The van der Waals surface area contributed by atoms with Crippen LogP contribution in [0.5, 0.6) is 0 Å². The van der Waals surface area contributed by atoms with Gasteiger partial charge in [0, 0.05) is 23.6 Å². The van der Waals surface area contributed by atoms with Crippen LogP contribution >= 0.6 is 0 Å². The van der Waals surface area contributed by atoms with Gasteiger partial charge in [-0.25, -0.2) is 15.0 Å². The Labute approximate surface area is 193 Å². The number of rotatable bonds is 5. The lowest BCUT2D eigenvalue weighted by Gasteiger charge is -2.14. The summed E-state index contributed by atoms with van der Waals surface area (Å²) >= 11 is 0. The molecule has 7 nitrogen and oxygen atoms in total. The van der Waals surface area contributed by atoms with Crippen molar-refractivity contribution in [3.8, 4) is 22.8 Å². The summed E-state index contributed by atoms with van der Waals surface area (Å²) in [5, 5.41) is 11.0. The third-order valence-corrected chi connectivity index (χ3v) is 6.12. The lowest BCUT2D eigenvalue weighted by Crippen LogP contribution is -2.18. The van der Waals surface area contributed by atoms with Crippen LogP contribution in [-0.4, -0.2) is 25.1 Å². The maximum absolute atomic E-state index is 6.13. The number of hydrogen-bond acceptors (Lipinski definition) is 6. The molecule has 168 valence electrons. The van der Waals surface area contributed by atoms with Gasteiger partial charge in [-0.3, -0.25) is 5.10 Å². The zero-order valence-electron chi connectivity index (χ0n) is 19.3. The Morgan fingerprint density at radius 2 is 1.94 bits per heavy atom. The molecule has 2 aromatic heterocycles. The first-order chi connectivity index (χ1) is 15.9. The topological polar surface area (TPSA) is 105 Å². The number of anilines is 1. The molecule has 0 radical (unpaired) electrons. The number of aromatic nitrogens is 5. The molecule has 1 aliphatic carbocycles. The fraction of sp³-hybridized carbons (Fsp3) is 0.308. The number of benzene rings is 2. The molecule has 1 aliphatic rings. The molecule has 0 fully saturated rings. The van der Waals surface area contributed by atoms with Gasteiger partial charge in [-0.1, -0.05) is 63.2 Å². The summed E-state index contributed by atoms with van der Waals surface area (Å²) in [4.78, 5) is 13.7. The van der Waals surface area contributed by atoms with Gasteiger partial charge in [-0.05, 0) is 35.6 Å². The second-order valence-corrected chi connectivity index (χ2v) is 9.62. The molecule has 0 amide bonds. The van der Waals surface area contributed by atoms with Crippen molar-refractivity contribution in [1.29, 1.82) is 0 Å². The fourth-order valence-corrected chi connectivity index (χ4v) is 4.26. The van der Waals surface area contributed by atoms with Crippen molar-refractivity contribution in [2.24, 2.45) is 0 Å². The molecule has 4 N–H and O–H groups in total. The minimum Gasteiger partial charge on any atom is -0.382 e. The molecule has 0 spiro atoms. The Morgan fingerprint density at radius 1 is 1.09 bits per heavy atom. The van der Waals surface area contributed by atoms with Crippen LogP contribution in [0.3, 0.4) is 0 Å². The van der Waals surface area contributed by atoms with Crippen molar-refractivity contribution >= 4 is 5.82 Å². The van der Waals surface area contributed by atoms with Crippen LogP contribution in [-0.2, 0) is 18.4 Å². The minimum atomic E-state index is -0.147. The summed E-state index contributed by atoms with van der Waals surface area (Å²) < 4.78 is 0. The van der Waals surface area contributed by atoms with Crippen LogP contribution in [0.25, 0.3) is 22.8 Å². The molecule has 2 aromatic carbocycles. The molecule has 4 aromatic rings. The van der Waals surface area contributed by atoms with Gasteiger partial charge in [0.25, 0.3) is 0 Å². The third-order valence-electron chi connectivity index (χ3n) is 6.12. The first-order valence-electron chi connectivity index (χ1n) is 11.3. The van der Waals surface area contributed by atoms with E-state index in [4.69, 9.17) is 10.7 Å². The summed E-state index contributed by atoms with van der Waals surface area (Å²) in [6.45, 7) is 7.02. The molecule has 2 heterocycles. The number of aryl methyl sites for hydroxylation is 1. The number of fused-ring (bicyclic) bond motifs is 1. The maximum Gasteiger partial charge on any atom is 0.203 e. The zero-order chi connectivity index (χ0) is 23.0. The van der Waals surface area contributed by atoms with Crippen LogP contribution in [0, 0.1) is 0 Å². The number of nitrogen functional groups attached to an aromatic ring is 1. The second kappa shape index (κ2) is 8.41. The van der Waals surface area contributed by atoms with E-state index in [2.05, 4.69) is 88.7 Å². The average molecular weight is 440 g/mol. The summed E-state index contributed by atoms with van der Waals surface area (Å²) in [6, 6.07) is 17.5. The van der Waals surface area contributed by atoms with Gasteiger partial charge in [0.15, 0.2) is 11.5 Å². The Balaban J connectivity index is 1.37. The molecular weight excluding hydrogens is 410 g/mol. The van der Waals surface area contributed by atoms with Gasteiger partial charge in [0.05, 0.1) is 11.9 Å². The monoisotopic (exact) mass is 439 g/mol. The number of aromatic amines is 1. The van der Waals surface area contributed by atoms with Crippen LogP contribution in [0.2, 0.25) is 0 Å². The van der Waals surface area contributed by atoms with Crippen LogP contribution < -0.4 is 11.1 Å². The van der Waals surface area contributed by atoms with Crippen molar-refractivity contribution in [3.05, 3.63) is 77.2 Å². The molecule has 5 rings (SSSR count). The first-order valence-corrected chi connectivity index (χ1v) is 11.3. The highest BCUT2D eigenvalue weighted by molar-refractivity contribution is 5.69. The van der Waals surface area contributed by atoms with Crippen molar-refractivity contribution < 1.29 is 0 Å². The van der Waals surface area contributed by atoms with Gasteiger partial charge in [0.2, 0.25) is 5.82 Å². The van der Waals surface area contributed by atoms with Crippen molar-refractivity contribution in [2.45, 2.75) is 51.6 Å². The number of nitrogens with zero attached hydrogens (tertiary/aromatic N) is 4. The van der Waals surface area contributed by atoms with E-state index in [1.54, 1.807) is 6.20 Å². The quantitative estimate of drug-likeness (QED) is 0.420. The molecule has 0 saturated carbocycles. The highest BCUT2D eigenvalue weighted by Gasteiger charge is 2.22. The second-order valence-electron chi connectivity index (χ2n) is 9.62. The Hall–Kier alpha value is -3.58. The van der Waals surface area contributed by atoms with Crippen LogP contribution in [0.15, 0.2) is 54.7 Å². The first kappa shape index (κ1) is 21.3. The number of H-pyrrole nitrogens is 1. The maximum atomic E-state index is 6.13. The molecule has 0 unspecified atom stereocenters. The van der Waals surface area contributed by atoms with E-state index in [0.717, 1.165) is 36.5 Å². The molecule has 0 saturated heterocycles. The zero-order valence-corrected chi connectivity index (χ0v) is 19.3. The largest absolute Gasteiger partial charge is 0.382 e. The Bertz CT molecular complexity index is 1290. The third kappa shape index (κ3) is 4.36. The van der Waals surface area contributed by atoms with Crippen molar-refractivity contribution in [2.75, 3.05) is 5.73 Å². The van der Waals surface area contributed by atoms with Gasteiger partial charge >= 0.3 is 0 Å². The SMILES string of the molecule is CC(C)(C)c1nc(-c2nc(-c3cccc(CN[C@H]4CCc5ccccc54)c3)cnc2N)n[nH]1.